The Morgan fingerprint density at radius 3 is 2.56 bits per heavy atom. The first-order valence-corrected chi connectivity index (χ1v) is 15.1. The fourth-order valence-corrected chi connectivity index (χ4v) is 7.03. The summed E-state index contributed by atoms with van der Waals surface area (Å²) in [5, 5.41) is 8.73. The number of halogens is 2. The molecule has 0 N–H and O–H groups in total. The summed E-state index contributed by atoms with van der Waals surface area (Å²) < 4.78 is 34.4. The van der Waals surface area contributed by atoms with Crippen LogP contribution in [-0.2, 0) is 10.3 Å². The first kappa shape index (κ1) is 29.1. The van der Waals surface area contributed by atoms with E-state index in [2.05, 4.69) is 30.0 Å². The Bertz CT molecular complexity index is 1790. The molecule has 0 aromatic carbocycles. The predicted octanol–water partition coefficient (Wildman–Crippen LogP) is 3.72. The number of hydrogen-bond acceptors (Lipinski definition) is 9. The maximum Gasteiger partial charge on any atom is 0.356 e. The van der Waals surface area contributed by atoms with Crippen molar-refractivity contribution in [2.24, 2.45) is 5.41 Å². The Kier molecular flexibility index (Phi) is 6.97. The summed E-state index contributed by atoms with van der Waals surface area (Å²) in [6, 6.07) is 8.73. The number of hydrogen-bond donors (Lipinski definition) is 0. The quantitative estimate of drug-likeness (QED) is 0.298. The first-order valence-electron chi connectivity index (χ1n) is 15.1. The van der Waals surface area contributed by atoms with Gasteiger partial charge in [0.25, 0.3) is 12.3 Å². The summed E-state index contributed by atoms with van der Waals surface area (Å²) in [5.41, 5.74) is 1.99. The Balaban J connectivity index is 1.04. The van der Waals surface area contributed by atoms with E-state index in [1.54, 1.807) is 27.5 Å². The lowest BCUT2D eigenvalue weighted by Crippen LogP contribution is -2.34. The van der Waals surface area contributed by atoms with Crippen LogP contribution in [0, 0.1) is 12.3 Å². The molecule has 0 bridgehead atoms. The molecule has 3 aliphatic rings. The van der Waals surface area contributed by atoms with E-state index in [0.29, 0.717) is 25.3 Å². The molecule has 1 unspecified atom stereocenters. The standard InChI is InChI=1S/C31H35F2N9O3/c1-20-15-21(38-12-8-30(2,17-38)42-11-7-22(36-42)25(32)33)16-41-27(20)35-26(37-41)28(43)40-14-10-31(19-40)9-13-39(18-31)24-6-4-5-23(34-24)29(44)45-3/h4-7,11,15-16,25H,8-10,12-14,17-19H2,1-3H3/t30?,31-/m1/s1. The van der Waals surface area contributed by atoms with Crippen LogP contribution in [-0.4, -0.2) is 92.5 Å². The van der Waals surface area contributed by atoms with Gasteiger partial charge in [0.15, 0.2) is 11.3 Å². The van der Waals surface area contributed by atoms with Gasteiger partial charge in [-0.15, -0.1) is 5.10 Å². The number of esters is 1. The van der Waals surface area contributed by atoms with Crippen molar-refractivity contribution in [1.29, 1.82) is 0 Å². The van der Waals surface area contributed by atoms with Gasteiger partial charge < -0.3 is 19.4 Å². The minimum Gasteiger partial charge on any atom is -0.464 e. The summed E-state index contributed by atoms with van der Waals surface area (Å²) in [5.74, 6) is 0.234. The smallest absolute Gasteiger partial charge is 0.356 e. The summed E-state index contributed by atoms with van der Waals surface area (Å²) in [6.45, 7) is 8.04. The molecule has 2 atom stereocenters. The lowest BCUT2D eigenvalue weighted by atomic mass is 9.86. The summed E-state index contributed by atoms with van der Waals surface area (Å²) in [7, 11) is 1.34. The van der Waals surface area contributed by atoms with E-state index in [9.17, 15) is 18.4 Å². The average molecular weight is 620 g/mol. The summed E-state index contributed by atoms with van der Waals surface area (Å²) >= 11 is 0. The summed E-state index contributed by atoms with van der Waals surface area (Å²) in [6.07, 6.45) is 3.43. The fourth-order valence-electron chi connectivity index (χ4n) is 7.03. The number of pyridine rings is 2. The van der Waals surface area contributed by atoms with Crippen molar-refractivity contribution >= 4 is 29.0 Å². The molecule has 1 amide bonds. The number of likely N-dealkylation sites (tertiary alicyclic amines) is 1. The number of anilines is 2. The third-order valence-corrected chi connectivity index (χ3v) is 9.61. The van der Waals surface area contributed by atoms with Crippen molar-refractivity contribution < 1.29 is 23.1 Å². The van der Waals surface area contributed by atoms with Crippen LogP contribution in [0.25, 0.3) is 5.65 Å². The normalized spacial score (nSPS) is 23.3. The molecular weight excluding hydrogens is 584 g/mol. The van der Waals surface area contributed by atoms with E-state index >= 15 is 0 Å². The van der Waals surface area contributed by atoms with Crippen molar-refractivity contribution in [3.05, 3.63) is 65.5 Å². The van der Waals surface area contributed by atoms with Crippen molar-refractivity contribution in [3.8, 4) is 0 Å². The van der Waals surface area contributed by atoms with Crippen LogP contribution in [0.15, 0.2) is 42.7 Å². The van der Waals surface area contributed by atoms with Crippen LogP contribution in [0.3, 0.4) is 0 Å². The van der Waals surface area contributed by atoms with Gasteiger partial charge in [0, 0.05) is 50.9 Å². The van der Waals surface area contributed by atoms with E-state index in [-0.39, 0.29) is 28.5 Å². The Labute approximate surface area is 258 Å². The molecule has 0 radical (unpaired) electrons. The monoisotopic (exact) mass is 619 g/mol. The number of aromatic nitrogens is 6. The number of rotatable bonds is 6. The van der Waals surface area contributed by atoms with Gasteiger partial charge in [-0.2, -0.15) is 5.10 Å². The highest BCUT2D eigenvalue weighted by Gasteiger charge is 2.46. The molecule has 0 saturated carbocycles. The number of ether oxygens (including phenoxy) is 1. The zero-order chi connectivity index (χ0) is 31.5. The number of alkyl halides is 2. The molecule has 14 heteroatoms. The molecular formula is C31H35F2N9O3. The predicted molar refractivity (Wildman–Crippen MR) is 161 cm³/mol. The second kappa shape index (κ2) is 10.8. The molecule has 1 spiro atoms. The molecule has 0 aliphatic carbocycles. The maximum atomic E-state index is 13.6. The van der Waals surface area contributed by atoms with Gasteiger partial charge in [-0.1, -0.05) is 6.07 Å². The van der Waals surface area contributed by atoms with Gasteiger partial charge in [-0.25, -0.2) is 28.1 Å². The van der Waals surface area contributed by atoms with Crippen LogP contribution in [0.5, 0.6) is 0 Å². The number of aryl methyl sites for hydroxylation is 1. The van der Waals surface area contributed by atoms with Crippen molar-refractivity contribution in [1.82, 2.24) is 34.3 Å². The molecule has 7 rings (SSSR count). The Hall–Kier alpha value is -4.62. The van der Waals surface area contributed by atoms with E-state index < -0.39 is 17.9 Å². The van der Waals surface area contributed by atoms with Crippen LogP contribution >= 0.6 is 0 Å². The molecule has 12 nitrogen and oxygen atoms in total. The highest BCUT2D eigenvalue weighted by molar-refractivity contribution is 5.91. The van der Waals surface area contributed by atoms with Crippen LogP contribution in [0.4, 0.5) is 20.3 Å². The topological polar surface area (TPSA) is 114 Å². The molecule has 45 heavy (non-hydrogen) atoms. The number of carbonyl (C=O) groups is 2. The third-order valence-electron chi connectivity index (χ3n) is 9.61. The Morgan fingerprint density at radius 1 is 0.978 bits per heavy atom. The zero-order valence-electron chi connectivity index (χ0n) is 25.5. The van der Waals surface area contributed by atoms with Crippen molar-refractivity contribution in [3.63, 3.8) is 0 Å². The summed E-state index contributed by atoms with van der Waals surface area (Å²) in [4.78, 5) is 40.9. The van der Waals surface area contributed by atoms with E-state index in [1.807, 2.05) is 37.1 Å². The van der Waals surface area contributed by atoms with Gasteiger partial charge in [0.2, 0.25) is 5.82 Å². The number of amides is 1. The SMILES string of the molecule is COC(=O)c1cccc(N2CC[C@@]3(CCN(C(=O)c4nc5c(C)cc(N6CCC(C)(n7ccc(C(F)F)n7)C6)cn5n4)C3)C2)n1. The highest BCUT2D eigenvalue weighted by atomic mass is 19.3. The average Bonchev–Trinajstić information content (AvgIpc) is 3.87. The highest BCUT2D eigenvalue weighted by Crippen LogP contribution is 2.41. The number of carbonyl (C=O) groups excluding carboxylic acids is 2. The number of methoxy groups -OCH3 is 1. The maximum absolute atomic E-state index is 13.6. The largest absolute Gasteiger partial charge is 0.464 e. The van der Waals surface area contributed by atoms with E-state index in [4.69, 9.17) is 4.74 Å². The molecule has 3 saturated heterocycles. The van der Waals surface area contributed by atoms with Gasteiger partial charge in [-0.3, -0.25) is 9.48 Å². The number of fused-ring (bicyclic) bond motifs is 1. The first-order chi connectivity index (χ1) is 21.6. The lowest BCUT2D eigenvalue weighted by molar-refractivity contribution is 0.0593. The second-order valence-corrected chi connectivity index (χ2v) is 12.8. The minimum atomic E-state index is -2.60. The third kappa shape index (κ3) is 5.15. The van der Waals surface area contributed by atoms with Gasteiger partial charge in [-0.05, 0) is 62.9 Å². The van der Waals surface area contributed by atoms with Crippen molar-refractivity contribution in [2.45, 2.75) is 45.1 Å². The van der Waals surface area contributed by atoms with Crippen LogP contribution < -0.4 is 9.80 Å². The molecule has 3 fully saturated rings. The van der Waals surface area contributed by atoms with Gasteiger partial charge >= 0.3 is 5.97 Å². The molecule has 3 aliphatic heterocycles. The van der Waals surface area contributed by atoms with Crippen LogP contribution in [0.1, 0.15) is 65.0 Å². The zero-order valence-corrected chi connectivity index (χ0v) is 25.5. The van der Waals surface area contributed by atoms with E-state index in [1.165, 1.54) is 13.2 Å². The van der Waals surface area contributed by atoms with Crippen molar-refractivity contribution in [2.75, 3.05) is 56.2 Å². The molecule has 7 heterocycles. The fraction of sp³-hybridized carbons (Fsp3) is 0.484. The van der Waals surface area contributed by atoms with Gasteiger partial charge in [0.05, 0.1) is 24.5 Å². The molecule has 236 valence electrons. The molecule has 4 aromatic rings. The van der Waals surface area contributed by atoms with Crippen LogP contribution in [0.2, 0.25) is 0 Å². The second-order valence-electron chi connectivity index (χ2n) is 12.8. The minimum absolute atomic E-state index is 0.0616. The Morgan fingerprint density at radius 2 is 1.78 bits per heavy atom. The van der Waals surface area contributed by atoms with Gasteiger partial charge in [0.1, 0.15) is 11.5 Å². The molecule has 4 aromatic heterocycles. The number of nitrogens with zero attached hydrogens (tertiary/aromatic N) is 9. The van der Waals surface area contributed by atoms with E-state index in [0.717, 1.165) is 56.0 Å². The lowest BCUT2D eigenvalue weighted by Gasteiger charge is -2.26.